The molecule has 1 rings (SSSR count). The zero-order valence-corrected chi connectivity index (χ0v) is 8.76. The molecular formula is C11H15N3. The van der Waals surface area contributed by atoms with Crippen LogP contribution in [0.4, 0.5) is 0 Å². The number of aryl methyl sites for hydroxylation is 2. The van der Waals surface area contributed by atoms with Gasteiger partial charge >= 0.3 is 0 Å². The zero-order chi connectivity index (χ0) is 10.8. The van der Waals surface area contributed by atoms with E-state index in [2.05, 4.69) is 11.5 Å². The molecule has 0 aliphatic carbocycles. The largest absolute Gasteiger partial charge is 0.270 e. The molecule has 3 N–H and O–H groups in total. The number of nitrogens with zero attached hydrogens (tertiary/aromatic N) is 1. The lowest BCUT2D eigenvalue weighted by molar-refractivity contribution is 0.479. The van der Waals surface area contributed by atoms with Crippen LogP contribution >= 0.6 is 0 Å². The summed E-state index contributed by atoms with van der Waals surface area (Å²) >= 11 is 0. The lowest BCUT2D eigenvalue weighted by Gasteiger charge is -2.23. The van der Waals surface area contributed by atoms with Gasteiger partial charge in [-0.25, -0.2) is 5.43 Å². The van der Waals surface area contributed by atoms with Crippen LogP contribution in [0.1, 0.15) is 23.6 Å². The van der Waals surface area contributed by atoms with Crippen molar-refractivity contribution in [2.24, 2.45) is 5.84 Å². The third-order valence-electron chi connectivity index (χ3n) is 2.44. The molecule has 0 aromatic heterocycles. The molecule has 0 fully saturated rings. The van der Waals surface area contributed by atoms with E-state index in [4.69, 9.17) is 11.1 Å². The summed E-state index contributed by atoms with van der Waals surface area (Å²) in [6.07, 6.45) is 0. The highest BCUT2D eigenvalue weighted by Gasteiger charge is 2.26. The predicted octanol–water partition coefficient (Wildman–Crippen LogP) is 1.51. The van der Waals surface area contributed by atoms with Gasteiger partial charge in [-0.1, -0.05) is 23.8 Å². The Morgan fingerprint density at radius 2 is 2.07 bits per heavy atom. The molecular weight excluding hydrogens is 174 g/mol. The van der Waals surface area contributed by atoms with Crippen molar-refractivity contribution < 1.29 is 0 Å². The van der Waals surface area contributed by atoms with E-state index >= 15 is 0 Å². The Bertz CT molecular complexity index is 379. The number of hydrogen-bond donors (Lipinski definition) is 2. The molecule has 0 aliphatic rings. The van der Waals surface area contributed by atoms with Gasteiger partial charge in [-0.15, -0.1) is 0 Å². The molecule has 74 valence electrons. The average Bonchev–Trinajstić information content (AvgIpc) is 2.20. The highest BCUT2D eigenvalue weighted by Crippen LogP contribution is 2.23. The molecule has 0 spiro atoms. The normalized spacial score (nSPS) is 14.5. The van der Waals surface area contributed by atoms with Crippen molar-refractivity contribution in [2.45, 2.75) is 26.3 Å². The quantitative estimate of drug-likeness (QED) is 0.547. The number of hydrazine groups is 1. The highest BCUT2D eigenvalue weighted by molar-refractivity contribution is 5.39. The van der Waals surface area contributed by atoms with E-state index in [1.165, 1.54) is 0 Å². The lowest BCUT2D eigenvalue weighted by Crippen LogP contribution is -2.43. The van der Waals surface area contributed by atoms with Gasteiger partial charge in [0.05, 0.1) is 6.07 Å². The van der Waals surface area contributed by atoms with Crippen LogP contribution in [0.2, 0.25) is 0 Å². The fourth-order valence-corrected chi connectivity index (χ4v) is 1.44. The molecule has 1 aromatic carbocycles. The van der Waals surface area contributed by atoms with E-state index in [9.17, 15) is 0 Å². The fraction of sp³-hybridized carbons (Fsp3) is 0.364. The second-order valence-electron chi connectivity index (χ2n) is 3.70. The van der Waals surface area contributed by atoms with E-state index in [1.54, 1.807) is 6.92 Å². The maximum atomic E-state index is 9.06. The second kappa shape index (κ2) is 3.79. The molecule has 0 aliphatic heterocycles. The SMILES string of the molecule is Cc1ccc(C)c(C(C)(C#N)NN)c1. The number of nitrogens with two attached hydrogens (primary N) is 1. The smallest absolute Gasteiger partial charge is 0.141 e. The van der Waals surface area contributed by atoms with E-state index in [1.807, 2.05) is 32.0 Å². The molecule has 0 saturated carbocycles. The van der Waals surface area contributed by atoms with Gasteiger partial charge in [0.1, 0.15) is 5.54 Å². The van der Waals surface area contributed by atoms with Crippen LogP contribution in [0.3, 0.4) is 0 Å². The number of nitriles is 1. The van der Waals surface area contributed by atoms with Gasteiger partial charge < -0.3 is 0 Å². The van der Waals surface area contributed by atoms with Crippen molar-refractivity contribution in [1.29, 1.82) is 5.26 Å². The fourth-order valence-electron chi connectivity index (χ4n) is 1.44. The summed E-state index contributed by atoms with van der Waals surface area (Å²) in [4.78, 5) is 0. The first-order valence-electron chi connectivity index (χ1n) is 4.50. The molecule has 14 heavy (non-hydrogen) atoms. The highest BCUT2D eigenvalue weighted by atomic mass is 15.3. The van der Waals surface area contributed by atoms with Crippen molar-refractivity contribution >= 4 is 0 Å². The monoisotopic (exact) mass is 189 g/mol. The van der Waals surface area contributed by atoms with Gasteiger partial charge in [-0.3, -0.25) is 5.84 Å². The molecule has 3 nitrogen and oxygen atoms in total. The van der Waals surface area contributed by atoms with Crippen LogP contribution in [-0.4, -0.2) is 0 Å². The van der Waals surface area contributed by atoms with Crippen LogP contribution in [0.15, 0.2) is 18.2 Å². The van der Waals surface area contributed by atoms with Crippen molar-refractivity contribution in [2.75, 3.05) is 0 Å². The Hall–Kier alpha value is -1.37. The Balaban J connectivity index is 3.31. The van der Waals surface area contributed by atoms with Gasteiger partial charge in [0.2, 0.25) is 0 Å². The number of benzene rings is 1. The predicted molar refractivity (Wildman–Crippen MR) is 56.2 cm³/mol. The summed E-state index contributed by atoms with van der Waals surface area (Å²) in [6.45, 7) is 5.74. The molecule has 3 heteroatoms. The van der Waals surface area contributed by atoms with Crippen LogP contribution in [0.25, 0.3) is 0 Å². The van der Waals surface area contributed by atoms with Crippen molar-refractivity contribution in [3.8, 4) is 6.07 Å². The van der Waals surface area contributed by atoms with Crippen molar-refractivity contribution in [1.82, 2.24) is 5.43 Å². The van der Waals surface area contributed by atoms with Gasteiger partial charge in [0.25, 0.3) is 0 Å². The van der Waals surface area contributed by atoms with E-state index < -0.39 is 5.54 Å². The number of rotatable bonds is 2. The van der Waals surface area contributed by atoms with Crippen molar-refractivity contribution in [3.63, 3.8) is 0 Å². The maximum absolute atomic E-state index is 9.06. The Morgan fingerprint density at radius 3 is 2.57 bits per heavy atom. The summed E-state index contributed by atoms with van der Waals surface area (Å²) in [5, 5.41) is 9.06. The topological polar surface area (TPSA) is 61.8 Å². The maximum Gasteiger partial charge on any atom is 0.141 e. The molecule has 0 heterocycles. The minimum Gasteiger partial charge on any atom is -0.270 e. The zero-order valence-electron chi connectivity index (χ0n) is 8.76. The first-order chi connectivity index (χ1) is 6.53. The average molecular weight is 189 g/mol. The van der Waals surface area contributed by atoms with Crippen LogP contribution in [-0.2, 0) is 5.54 Å². The molecule has 1 atom stereocenters. The Kier molecular flexibility index (Phi) is 2.90. The Labute approximate surface area is 84.5 Å². The summed E-state index contributed by atoms with van der Waals surface area (Å²) in [7, 11) is 0. The third-order valence-corrected chi connectivity index (χ3v) is 2.44. The summed E-state index contributed by atoms with van der Waals surface area (Å²) in [5.41, 5.74) is 4.87. The molecule has 0 radical (unpaired) electrons. The van der Waals surface area contributed by atoms with Crippen LogP contribution < -0.4 is 11.3 Å². The molecule has 0 saturated heterocycles. The van der Waals surface area contributed by atoms with Crippen LogP contribution in [0.5, 0.6) is 0 Å². The van der Waals surface area contributed by atoms with Gasteiger partial charge in [-0.2, -0.15) is 5.26 Å². The first kappa shape index (κ1) is 10.7. The first-order valence-corrected chi connectivity index (χ1v) is 4.50. The van der Waals surface area contributed by atoms with E-state index in [0.717, 1.165) is 16.7 Å². The molecule has 0 amide bonds. The van der Waals surface area contributed by atoms with Gasteiger partial charge in [0.15, 0.2) is 0 Å². The third kappa shape index (κ3) is 1.77. The van der Waals surface area contributed by atoms with E-state index in [-0.39, 0.29) is 0 Å². The van der Waals surface area contributed by atoms with Crippen molar-refractivity contribution in [3.05, 3.63) is 34.9 Å². The molecule has 1 aromatic rings. The summed E-state index contributed by atoms with van der Waals surface area (Å²) in [6, 6.07) is 8.18. The number of nitrogens with one attached hydrogen (secondary N) is 1. The summed E-state index contributed by atoms with van der Waals surface area (Å²) < 4.78 is 0. The molecule has 1 unspecified atom stereocenters. The van der Waals surface area contributed by atoms with E-state index in [0.29, 0.717) is 0 Å². The minimum absolute atomic E-state index is 0.809. The Morgan fingerprint density at radius 1 is 1.43 bits per heavy atom. The summed E-state index contributed by atoms with van der Waals surface area (Å²) in [5.74, 6) is 5.40. The minimum atomic E-state index is -0.809. The molecule has 0 bridgehead atoms. The van der Waals surface area contributed by atoms with Gasteiger partial charge in [0, 0.05) is 0 Å². The lowest BCUT2D eigenvalue weighted by atomic mass is 9.89. The second-order valence-corrected chi connectivity index (χ2v) is 3.70. The standard InChI is InChI=1S/C11H15N3/c1-8-4-5-9(2)10(6-8)11(3,7-12)14-13/h4-6,14H,13H2,1-3H3. The number of hydrogen-bond acceptors (Lipinski definition) is 3. The van der Waals surface area contributed by atoms with Crippen LogP contribution in [0, 0.1) is 25.2 Å². The van der Waals surface area contributed by atoms with Gasteiger partial charge in [-0.05, 0) is 31.9 Å².